The number of hydrogen-bond donors (Lipinski definition) is 2. The molecule has 0 radical (unpaired) electrons. The molecule has 2 aromatic rings. The smallest absolute Gasteiger partial charge is 0.417 e. The second-order valence-corrected chi connectivity index (χ2v) is 6.11. The number of nitrogens with zero attached hydrogens (tertiary/aromatic N) is 4. The third kappa shape index (κ3) is 3.65. The molecule has 0 aromatic carbocycles. The Kier molecular flexibility index (Phi) is 4.38. The fourth-order valence-corrected chi connectivity index (χ4v) is 2.71. The number of hydrogen-bond acceptors (Lipinski definition) is 5. The van der Waals surface area contributed by atoms with E-state index in [0.717, 1.165) is 23.2 Å². The summed E-state index contributed by atoms with van der Waals surface area (Å²) in [7, 11) is 0. The van der Waals surface area contributed by atoms with E-state index in [0.29, 0.717) is 19.0 Å². The largest absolute Gasteiger partial charge is 0.481 e. The number of pyridine rings is 1. The molecule has 1 aliphatic carbocycles. The first-order chi connectivity index (χ1) is 12.2. The highest BCUT2D eigenvalue weighted by Crippen LogP contribution is 2.35. The number of nitrogens with one attached hydrogen (secondary N) is 1. The molecule has 2 aromatic heterocycles. The van der Waals surface area contributed by atoms with Gasteiger partial charge in [0.15, 0.2) is 11.5 Å². The molecule has 0 saturated heterocycles. The summed E-state index contributed by atoms with van der Waals surface area (Å²) in [6, 6.07) is 1.96. The lowest BCUT2D eigenvalue weighted by Gasteiger charge is -2.41. The number of carboxylic acids is 1. The van der Waals surface area contributed by atoms with Gasteiger partial charge in [-0.15, -0.1) is 5.10 Å². The number of carbonyl (C=O) groups is 2. The van der Waals surface area contributed by atoms with Crippen molar-refractivity contribution in [2.24, 2.45) is 0 Å². The summed E-state index contributed by atoms with van der Waals surface area (Å²) in [6.07, 6.45) is -0.881. The maximum atomic E-state index is 12.5. The van der Waals surface area contributed by atoms with Crippen LogP contribution in [0, 0.1) is 0 Å². The molecular formula is C15H14F3N5O3. The molecule has 3 rings (SSSR count). The Balaban J connectivity index is 1.73. The molecule has 2 heterocycles. The standard InChI is InChI=1S/C15H14F3N5O3/c16-15(17,18)9-2-3-11(19-7-9)23-8-10(21-22-23)13(26)20-14(4-1-5-14)6-12(24)25/h2-3,7-8H,1,4-6H2,(H,20,26)(H,24,25). The average Bonchev–Trinajstić information content (AvgIpc) is 3.01. The van der Waals surface area contributed by atoms with Crippen molar-refractivity contribution in [2.45, 2.75) is 37.4 Å². The molecule has 1 amide bonds. The van der Waals surface area contributed by atoms with Gasteiger partial charge in [0.05, 0.1) is 23.7 Å². The van der Waals surface area contributed by atoms with Gasteiger partial charge >= 0.3 is 12.1 Å². The van der Waals surface area contributed by atoms with Crippen molar-refractivity contribution in [3.63, 3.8) is 0 Å². The van der Waals surface area contributed by atoms with Crippen molar-refractivity contribution in [3.8, 4) is 5.82 Å². The van der Waals surface area contributed by atoms with E-state index in [1.807, 2.05) is 0 Å². The predicted octanol–water partition coefficient (Wildman–Crippen LogP) is 1.81. The van der Waals surface area contributed by atoms with E-state index < -0.39 is 29.2 Å². The van der Waals surface area contributed by atoms with Crippen LogP contribution in [0.4, 0.5) is 13.2 Å². The molecule has 11 heteroatoms. The number of halogens is 3. The zero-order valence-electron chi connectivity index (χ0n) is 13.3. The molecule has 0 unspecified atom stereocenters. The van der Waals surface area contributed by atoms with E-state index in [2.05, 4.69) is 20.6 Å². The molecule has 1 saturated carbocycles. The second kappa shape index (κ2) is 6.39. The van der Waals surface area contributed by atoms with E-state index >= 15 is 0 Å². The Morgan fingerprint density at radius 2 is 2.04 bits per heavy atom. The van der Waals surface area contributed by atoms with Gasteiger partial charge in [-0.2, -0.15) is 13.2 Å². The monoisotopic (exact) mass is 369 g/mol. The van der Waals surface area contributed by atoms with Gasteiger partial charge in [0.2, 0.25) is 0 Å². The number of aromatic nitrogens is 4. The highest BCUT2D eigenvalue weighted by molar-refractivity contribution is 5.93. The van der Waals surface area contributed by atoms with E-state index in [9.17, 15) is 22.8 Å². The van der Waals surface area contributed by atoms with Crippen LogP contribution in [0.25, 0.3) is 5.82 Å². The van der Waals surface area contributed by atoms with Gasteiger partial charge < -0.3 is 10.4 Å². The fourth-order valence-electron chi connectivity index (χ4n) is 2.71. The summed E-state index contributed by atoms with van der Waals surface area (Å²) in [5, 5.41) is 19.0. The maximum Gasteiger partial charge on any atom is 0.417 e. The molecule has 26 heavy (non-hydrogen) atoms. The predicted molar refractivity (Wildman–Crippen MR) is 80.5 cm³/mol. The van der Waals surface area contributed by atoms with Crippen LogP contribution >= 0.6 is 0 Å². The summed E-state index contributed by atoms with van der Waals surface area (Å²) in [6.45, 7) is 0. The molecule has 0 bridgehead atoms. The molecular weight excluding hydrogens is 355 g/mol. The summed E-state index contributed by atoms with van der Waals surface area (Å²) < 4.78 is 38.7. The molecule has 8 nitrogen and oxygen atoms in total. The van der Waals surface area contributed by atoms with E-state index in [1.165, 1.54) is 6.20 Å². The number of alkyl halides is 3. The minimum atomic E-state index is -4.50. The van der Waals surface area contributed by atoms with Crippen molar-refractivity contribution in [3.05, 3.63) is 35.8 Å². The van der Waals surface area contributed by atoms with Gasteiger partial charge in [-0.05, 0) is 31.4 Å². The van der Waals surface area contributed by atoms with Gasteiger partial charge in [-0.1, -0.05) is 5.21 Å². The van der Waals surface area contributed by atoms with Gasteiger partial charge in [0.25, 0.3) is 5.91 Å². The summed E-state index contributed by atoms with van der Waals surface area (Å²) in [5.41, 5.74) is -1.78. The molecule has 1 fully saturated rings. The van der Waals surface area contributed by atoms with Crippen LogP contribution in [-0.4, -0.2) is 42.5 Å². The Bertz CT molecular complexity index is 828. The molecule has 138 valence electrons. The Morgan fingerprint density at radius 1 is 1.31 bits per heavy atom. The quantitative estimate of drug-likeness (QED) is 0.832. The molecule has 1 aliphatic rings. The first-order valence-electron chi connectivity index (χ1n) is 7.69. The number of rotatable bonds is 5. The number of carboxylic acid groups (broad SMARTS) is 1. The van der Waals surface area contributed by atoms with Crippen LogP contribution in [0.3, 0.4) is 0 Å². The fraction of sp³-hybridized carbons (Fsp3) is 0.400. The molecule has 0 spiro atoms. The van der Waals surface area contributed by atoms with Gasteiger partial charge in [0, 0.05) is 6.20 Å². The lowest BCUT2D eigenvalue weighted by molar-refractivity contribution is -0.140. The Hall–Kier alpha value is -2.98. The lowest BCUT2D eigenvalue weighted by Crippen LogP contribution is -2.54. The van der Waals surface area contributed by atoms with Crippen LogP contribution in [0.15, 0.2) is 24.5 Å². The van der Waals surface area contributed by atoms with Crippen molar-refractivity contribution in [1.82, 2.24) is 25.3 Å². The van der Waals surface area contributed by atoms with Crippen LogP contribution in [0.2, 0.25) is 0 Å². The van der Waals surface area contributed by atoms with Crippen molar-refractivity contribution in [2.75, 3.05) is 0 Å². The Morgan fingerprint density at radius 3 is 2.54 bits per heavy atom. The third-order valence-corrected chi connectivity index (χ3v) is 4.21. The normalized spacial score (nSPS) is 16.0. The summed E-state index contributed by atoms with van der Waals surface area (Å²) in [5.74, 6) is -1.54. The number of aliphatic carboxylic acids is 1. The van der Waals surface area contributed by atoms with Crippen LogP contribution in [-0.2, 0) is 11.0 Å². The minimum absolute atomic E-state index is 0.0634. The van der Waals surface area contributed by atoms with E-state index in [-0.39, 0.29) is 17.9 Å². The van der Waals surface area contributed by atoms with Crippen LogP contribution in [0.5, 0.6) is 0 Å². The maximum absolute atomic E-state index is 12.5. The van der Waals surface area contributed by atoms with Crippen LogP contribution in [0.1, 0.15) is 41.7 Å². The van der Waals surface area contributed by atoms with E-state index in [1.54, 1.807) is 0 Å². The topological polar surface area (TPSA) is 110 Å². The second-order valence-electron chi connectivity index (χ2n) is 6.11. The average molecular weight is 369 g/mol. The highest BCUT2D eigenvalue weighted by Gasteiger charge is 2.41. The summed E-state index contributed by atoms with van der Waals surface area (Å²) >= 11 is 0. The van der Waals surface area contributed by atoms with Crippen LogP contribution < -0.4 is 5.32 Å². The zero-order chi connectivity index (χ0) is 18.9. The van der Waals surface area contributed by atoms with Crippen molar-refractivity contribution >= 4 is 11.9 Å². The third-order valence-electron chi connectivity index (χ3n) is 4.21. The molecule has 0 atom stereocenters. The van der Waals surface area contributed by atoms with Gasteiger partial charge in [0.1, 0.15) is 0 Å². The lowest BCUT2D eigenvalue weighted by atomic mass is 9.74. The first-order valence-corrected chi connectivity index (χ1v) is 7.69. The van der Waals surface area contributed by atoms with E-state index in [4.69, 9.17) is 5.11 Å². The minimum Gasteiger partial charge on any atom is -0.481 e. The summed E-state index contributed by atoms with van der Waals surface area (Å²) in [4.78, 5) is 26.9. The van der Waals surface area contributed by atoms with Gasteiger partial charge in [-0.25, -0.2) is 9.67 Å². The highest BCUT2D eigenvalue weighted by atomic mass is 19.4. The number of amides is 1. The molecule has 2 N–H and O–H groups in total. The zero-order valence-corrected chi connectivity index (χ0v) is 13.3. The first kappa shape index (κ1) is 17.8. The van der Waals surface area contributed by atoms with Gasteiger partial charge in [-0.3, -0.25) is 9.59 Å². The van der Waals surface area contributed by atoms with Crippen molar-refractivity contribution in [1.29, 1.82) is 0 Å². The number of carbonyl (C=O) groups excluding carboxylic acids is 1. The van der Waals surface area contributed by atoms with Crippen molar-refractivity contribution < 1.29 is 27.9 Å². The Labute approximate surface area is 145 Å². The molecule has 0 aliphatic heterocycles. The SMILES string of the molecule is O=C(O)CC1(NC(=O)c2cn(-c3ccc(C(F)(F)F)cn3)nn2)CCC1.